The maximum atomic E-state index is 13.0. The van der Waals surface area contributed by atoms with Crippen LogP contribution in [0.25, 0.3) is 0 Å². The van der Waals surface area contributed by atoms with Crippen molar-refractivity contribution < 1.29 is 9.18 Å². The van der Waals surface area contributed by atoms with Crippen molar-refractivity contribution >= 4 is 5.91 Å². The van der Waals surface area contributed by atoms with Gasteiger partial charge in [-0.15, -0.1) is 0 Å². The summed E-state index contributed by atoms with van der Waals surface area (Å²) in [4.78, 5) is 17.1. The molecule has 1 fully saturated rings. The first kappa shape index (κ1) is 18.6. The molecule has 2 aromatic rings. The molecule has 0 saturated carbocycles. The second-order valence-corrected chi connectivity index (χ2v) is 7.15. The molecule has 1 unspecified atom stereocenters. The minimum atomic E-state index is -0.200. The molecular formula is C22H27FN2O. The van der Waals surface area contributed by atoms with Crippen LogP contribution in [-0.4, -0.2) is 41.9 Å². The Bertz CT molecular complexity index is 702. The Hall–Kier alpha value is -2.20. The molecule has 0 radical (unpaired) electrons. The molecule has 26 heavy (non-hydrogen) atoms. The maximum absolute atomic E-state index is 13.0. The van der Waals surface area contributed by atoms with Crippen LogP contribution in [0.2, 0.25) is 0 Å². The lowest BCUT2D eigenvalue weighted by Gasteiger charge is -2.23. The van der Waals surface area contributed by atoms with E-state index in [1.54, 1.807) is 0 Å². The molecule has 138 valence electrons. The first-order valence-electron chi connectivity index (χ1n) is 9.41. The average molecular weight is 354 g/mol. The van der Waals surface area contributed by atoms with Crippen molar-refractivity contribution in [2.45, 2.75) is 32.2 Å². The molecule has 1 aliphatic rings. The van der Waals surface area contributed by atoms with Gasteiger partial charge in [0, 0.05) is 39.1 Å². The van der Waals surface area contributed by atoms with Crippen molar-refractivity contribution in [3.63, 3.8) is 0 Å². The summed E-state index contributed by atoms with van der Waals surface area (Å²) in [5.41, 5.74) is 2.33. The maximum Gasteiger partial charge on any atom is 0.223 e. The number of carbonyl (C=O) groups excluding carboxylic acids is 1. The zero-order valence-electron chi connectivity index (χ0n) is 15.4. The fourth-order valence-electron chi connectivity index (χ4n) is 3.52. The van der Waals surface area contributed by atoms with Crippen LogP contribution >= 0.6 is 0 Å². The summed E-state index contributed by atoms with van der Waals surface area (Å²) in [6.07, 6.45) is 1.54. The lowest BCUT2D eigenvalue weighted by molar-refractivity contribution is -0.131. The third-order valence-corrected chi connectivity index (χ3v) is 5.11. The second kappa shape index (κ2) is 8.95. The van der Waals surface area contributed by atoms with Gasteiger partial charge in [0.2, 0.25) is 5.91 Å². The van der Waals surface area contributed by atoms with Gasteiger partial charge in [0.1, 0.15) is 5.82 Å². The Morgan fingerprint density at radius 2 is 1.73 bits per heavy atom. The number of carbonyl (C=O) groups is 1. The zero-order valence-corrected chi connectivity index (χ0v) is 15.4. The first-order chi connectivity index (χ1) is 12.6. The highest BCUT2D eigenvalue weighted by Crippen LogP contribution is 2.20. The van der Waals surface area contributed by atoms with E-state index in [1.807, 2.05) is 35.2 Å². The molecule has 3 nitrogen and oxygen atoms in total. The molecule has 0 aliphatic carbocycles. The number of rotatable bonds is 5. The molecule has 0 N–H and O–H groups in total. The van der Waals surface area contributed by atoms with Crippen molar-refractivity contribution in [2.24, 2.45) is 0 Å². The quantitative estimate of drug-likeness (QED) is 0.809. The molecule has 2 aromatic carbocycles. The average Bonchev–Trinajstić information content (AvgIpc) is 2.90. The smallest absolute Gasteiger partial charge is 0.223 e. The Morgan fingerprint density at radius 3 is 2.46 bits per heavy atom. The van der Waals surface area contributed by atoms with Crippen molar-refractivity contribution in [3.05, 3.63) is 71.5 Å². The standard InChI is InChI=1S/C22H27FN2O/c1-18(20-6-3-2-4-7-20)16-22(26)25-13-5-12-24(14-15-25)17-19-8-10-21(23)11-9-19/h2-4,6-11,18H,5,12-17H2,1H3. The van der Waals surface area contributed by atoms with Crippen LogP contribution in [0.5, 0.6) is 0 Å². The van der Waals surface area contributed by atoms with Crippen LogP contribution in [0.4, 0.5) is 4.39 Å². The Labute approximate surface area is 155 Å². The third-order valence-electron chi connectivity index (χ3n) is 5.11. The van der Waals surface area contributed by atoms with E-state index < -0.39 is 0 Å². The van der Waals surface area contributed by atoms with Crippen LogP contribution in [0.15, 0.2) is 54.6 Å². The fraction of sp³-hybridized carbons (Fsp3) is 0.409. The minimum Gasteiger partial charge on any atom is -0.341 e. The molecule has 1 heterocycles. The van der Waals surface area contributed by atoms with Gasteiger partial charge in [-0.1, -0.05) is 49.4 Å². The SMILES string of the molecule is CC(CC(=O)N1CCCN(Cc2ccc(F)cc2)CC1)c1ccccc1. The highest BCUT2D eigenvalue weighted by Gasteiger charge is 2.21. The molecule has 3 rings (SSSR count). The molecule has 1 amide bonds. The number of hydrogen-bond donors (Lipinski definition) is 0. The van der Waals surface area contributed by atoms with E-state index in [4.69, 9.17) is 0 Å². The summed E-state index contributed by atoms with van der Waals surface area (Å²) in [5, 5.41) is 0. The largest absolute Gasteiger partial charge is 0.341 e. The van der Waals surface area contributed by atoms with Gasteiger partial charge in [0.25, 0.3) is 0 Å². The Kier molecular flexibility index (Phi) is 6.40. The topological polar surface area (TPSA) is 23.6 Å². The number of amides is 1. The molecular weight excluding hydrogens is 327 g/mol. The minimum absolute atomic E-state index is 0.200. The summed E-state index contributed by atoms with van der Waals surface area (Å²) in [6, 6.07) is 16.9. The van der Waals surface area contributed by atoms with Crippen LogP contribution < -0.4 is 0 Å². The molecule has 1 aliphatic heterocycles. The van der Waals surface area contributed by atoms with E-state index in [9.17, 15) is 9.18 Å². The van der Waals surface area contributed by atoms with Gasteiger partial charge in [-0.3, -0.25) is 9.69 Å². The number of halogens is 1. The van der Waals surface area contributed by atoms with Gasteiger partial charge in [-0.2, -0.15) is 0 Å². The van der Waals surface area contributed by atoms with E-state index in [-0.39, 0.29) is 17.6 Å². The zero-order chi connectivity index (χ0) is 18.4. The summed E-state index contributed by atoms with van der Waals surface area (Å²) in [5.74, 6) is 0.279. The lowest BCUT2D eigenvalue weighted by atomic mass is 9.97. The van der Waals surface area contributed by atoms with Gasteiger partial charge < -0.3 is 4.90 Å². The van der Waals surface area contributed by atoms with E-state index in [2.05, 4.69) is 24.0 Å². The van der Waals surface area contributed by atoms with Gasteiger partial charge >= 0.3 is 0 Å². The van der Waals surface area contributed by atoms with Crippen molar-refractivity contribution in [1.82, 2.24) is 9.80 Å². The van der Waals surface area contributed by atoms with Crippen molar-refractivity contribution in [2.75, 3.05) is 26.2 Å². The Morgan fingerprint density at radius 1 is 1.00 bits per heavy atom. The predicted octanol–water partition coefficient (Wildman–Crippen LogP) is 4.05. The van der Waals surface area contributed by atoms with Crippen LogP contribution in [0, 0.1) is 5.82 Å². The monoisotopic (exact) mass is 354 g/mol. The van der Waals surface area contributed by atoms with Gasteiger partial charge in [-0.25, -0.2) is 4.39 Å². The first-order valence-corrected chi connectivity index (χ1v) is 9.41. The normalized spacial score (nSPS) is 16.9. The number of benzene rings is 2. The van der Waals surface area contributed by atoms with E-state index in [0.717, 1.165) is 44.7 Å². The number of nitrogens with zero attached hydrogens (tertiary/aromatic N) is 2. The van der Waals surface area contributed by atoms with Crippen LogP contribution in [-0.2, 0) is 11.3 Å². The highest BCUT2D eigenvalue weighted by molar-refractivity contribution is 5.77. The molecule has 0 aromatic heterocycles. The Balaban J connectivity index is 1.51. The van der Waals surface area contributed by atoms with E-state index >= 15 is 0 Å². The highest BCUT2D eigenvalue weighted by atomic mass is 19.1. The molecule has 0 bridgehead atoms. The van der Waals surface area contributed by atoms with Gasteiger partial charge in [-0.05, 0) is 35.6 Å². The molecule has 4 heteroatoms. The van der Waals surface area contributed by atoms with E-state index in [0.29, 0.717) is 6.42 Å². The van der Waals surface area contributed by atoms with Crippen molar-refractivity contribution in [1.29, 1.82) is 0 Å². The predicted molar refractivity (Wildman–Crippen MR) is 102 cm³/mol. The summed E-state index contributed by atoms with van der Waals surface area (Å²) in [6.45, 7) is 6.34. The fourth-order valence-corrected chi connectivity index (χ4v) is 3.52. The summed E-state index contributed by atoms with van der Waals surface area (Å²) >= 11 is 0. The second-order valence-electron chi connectivity index (χ2n) is 7.15. The molecule has 1 saturated heterocycles. The lowest BCUT2D eigenvalue weighted by Crippen LogP contribution is -2.35. The summed E-state index contributed by atoms with van der Waals surface area (Å²) in [7, 11) is 0. The van der Waals surface area contributed by atoms with Crippen molar-refractivity contribution in [3.8, 4) is 0 Å². The summed E-state index contributed by atoms with van der Waals surface area (Å²) < 4.78 is 13.0. The number of hydrogen-bond acceptors (Lipinski definition) is 2. The van der Waals surface area contributed by atoms with Crippen LogP contribution in [0.1, 0.15) is 36.8 Å². The van der Waals surface area contributed by atoms with Gasteiger partial charge in [0.05, 0.1) is 0 Å². The molecule has 0 spiro atoms. The van der Waals surface area contributed by atoms with Crippen LogP contribution in [0.3, 0.4) is 0 Å². The third kappa shape index (κ3) is 5.15. The van der Waals surface area contributed by atoms with E-state index in [1.165, 1.54) is 17.7 Å². The molecule has 1 atom stereocenters. The van der Waals surface area contributed by atoms with Gasteiger partial charge in [0.15, 0.2) is 0 Å².